The Bertz CT molecular complexity index is 1230. The third kappa shape index (κ3) is 7.44. The van der Waals surface area contributed by atoms with E-state index in [1.54, 1.807) is 25.4 Å². The minimum absolute atomic E-state index is 0.0331. The van der Waals surface area contributed by atoms with E-state index in [1.165, 1.54) is 31.1 Å². The number of carbonyl (C=O) groups is 3. The SMILES string of the molecule is COc1ccc(C2=CN(C(=O)c3cc(OC)c(OC(C)=O)cc3NC(=O)OCC(Cl)(Cl)Cl)[C@H](CO)C2)cc1. The molecule has 0 aliphatic carbocycles. The predicted molar refractivity (Wildman–Crippen MR) is 142 cm³/mol. The number of anilines is 1. The Hall–Kier alpha value is -3.18. The summed E-state index contributed by atoms with van der Waals surface area (Å²) in [5.74, 6) is -0.544. The summed E-state index contributed by atoms with van der Waals surface area (Å²) in [7, 11) is 2.89. The van der Waals surface area contributed by atoms with Crippen LogP contribution in [-0.4, -0.2) is 65.2 Å². The number of amides is 2. The first-order valence-electron chi connectivity index (χ1n) is 11.1. The van der Waals surface area contributed by atoms with Gasteiger partial charge in [-0.05, 0) is 35.8 Å². The standard InChI is InChI=1S/C25H25Cl3N2O8/c1-14(32)38-22-10-20(29-24(34)37-13-25(26,27)28)19(9-21(22)36-3)23(33)30-11-16(8-17(30)12-31)15-4-6-18(35-2)7-5-15/h4-7,9-11,17,31H,8,12-13H2,1-3H3,(H,29,34)/t17-/m0/s1. The largest absolute Gasteiger partial charge is 0.497 e. The van der Waals surface area contributed by atoms with Crippen molar-refractivity contribution in [2.24, 2.45) is 0 Å². The summed E-state index contributed by atoms with van der Waals surface area (Å²) in [6.07, 6.45) is 0.979. The van der Waals surface area contributed by atoms with Crippen molar-refractivity contribution in [2.75, 3.05) is 32.8 Å². The van der Waals surface area contributed by atoms with Crippen LogP contribution in [0.15, 0.2) is 42.6 Å². The fourth-order valence-electron chi connectivity index (χ4n) is 3.72. The molecule has 0 saturated carbocycles. The number of hydrogen-bond acceptors (Lipinski definition) is 8. The zero-order valence-corrected chi connectivity index (χ0v) is 22.9. The first-order valence-corrected chi connectivity index (χ1v) is 12.3. The van der Waals surface area contributed by atoms with Gasteiger partial charge in [0.2, 0.25) is 3.79 Å². The zero-order chi connectivity index (χ0) is 28.0. The van der Waals surface area contributed by atoms with Gasteiger partial charge in [-0.25, -0.2) is 4.79 Å². The molecule has 204 valence electrons. The molecule has 13 heteroatoms. The maximum absolute atomic E-state index is 13.7. The van der Waals surface area contributed by atoms with Crippen LogP contribution in [0.4, 0.5) is 10.5 Å². The molecule has 1 aliphatic heterocycles. The van der Waals surface area contributed by atoms with E-state index in [0.717, 1.165) is 11.1 Å². The lowest BCUT2D eigenvalue weighted by atomic mass is 10.0. The first-order chi connectivity index (χ1) is 17.9. The van der Waals surface area contributed by atoms with E-state index >= 15 is 0 Å². The first kappa shape index (κ1) is 29.4. The molecule has 2 amide bonds. The second kappa shape index (κ2) is 12.6. The number of aliphatic hydroxyl groups excluding tert-OH is 1. The van der Waals surface area contributed by atoms with Crippen LogP contribution in [0.3, 0.4) is 0 Å². The van der Waals surface area contributed by atoms with E-state index in [9.17, 15) is 19.5 Å². The minimum atomic E-state index is -1.86. The number of alkyl halides is 3. The van der Waals surface area contributed by atoms with E-state index in [2.05, 4.69) is 5.32 Å². The summed E-state index contributed by atoms with van der Waals surface area (Å²) in [5, 5.41) is 12.4. The highest BCUT2D eigenvalue weighted by molar-refractivity contribution is 6.67. The van der Waals surface area contributed by atoms with Gasteiger partial charge in [0.25, 0.3) is 5.91 Å². The third-order valence-electron chi connectivity index (χ3n) is 5.44. The van der Waals surface area contributed by atoms with Crippen LogP contribution in [0.2, 0.25) is 0 Å². The molecule has 0 fully saturated rings. The van der Waals surface area contributed by atoms with Crippen LogP contribution in [0.25, 0.3) is 5.57 Å². The lowest BCUT2D eigenvalue weighted by Gasteiger charge is -2.24. The second-order valence-electron chi connectivity index (χ2n) is 8.09. The molecule has 2 aromatic carbocycles. The number of rotatable bonds is 8. The molecular weight excluding hydrogens is 563 g/mol. The molecule has 0 radical (unpaired) electrons. The zero-order valence-electron chi connectivity index (χ0n) is 20.6. The van der Waals surface area contributed by atoms with Gasteiger partial charge in [0, 0.05) is 19.2 Å². The quantitative estimate of drug-likeness (QED) is 0.257. The third-order valence-corrected chi connectivity index (χ3v) is 5.77. The van der Waals surface area contributed by atoms with Gasteiger partial charge in [-0.2, -0.15) is 0 Å². The highest BCUT2D eigenvalue weighted by Gasteiger charge is 2.33. The second-order valence-corrected chi connectivity index (χ2v) is 10.6. The van der Waals surface area contributed by atoms with Crippen LogP contribution >= 0.6 is 34.8 Å². The molecule has 1 atom stereocenters. The molecular formula is C25H25Cl3N2O8. The molecule has 0 saturated heterocycles. The van der Waals surface area contributed by atoms with Crippen LogP contribution < -0.4 is 19.5 Å². The van der Waals surface area contributed by atoms with Crippen molar-refractivity contribution in [1.29, 1.82) is 0 Å². The van der Waals surface area contributed by atoms with Gasteiger partial charge in [-0.15, -0.1) is 0 Å². The Morgan fingerprint density at radius 1 is 1.08 bits per heavy atom. The lowest BCUT2D eigenvalue weighted by Crippen LogP contribution is -2.36. The van der Waals surface area contributed by atoms with Crippen molar-refractivity contribution in [3.8, 4) is 17.2 Å². The van der Waals surface area contributed by atoms with Gasteiger partial charge in [0.15, 0.2) is 11.5 Å². The van der Waals surface area contributed by atoms with E-state index in [1.807, 2.05) is 12.1 Å². The average molecular weight is 588 g/mol. The minimum Gasteiger partial charge on any atom is -0.497 e. The number of hydrogen-bond donors (Lipinski definition) is 2. The fourth-order valence-corrected chi connectivity index (χ4v) is 3.88. The number of nitrogens with one attached hydrogen (secondary N) is 1. The maximum Gasteiger partial charge on any atom is 0.411 e. The Labute approximate surface area is 233 Å². The van der Waals surface area contributed by atoms with E-state index < -0.39 is 34.4 Å². The van der Waals surface area contributed by atoms with Crippen molar-refractivity contribution in [2.45, 2.75) is 23.2 Å². The van der Waals surface area contributed by atoms with E-state index in [4.69, 9.17) is 53.8 Å². The van der Waals surface area contributed by atoms with Crippen LogP contribution in [0.5, 0.6) is 17.2 Å². The number of ether oxygens (including phenoxy) is 4. The molecule has 1 heterocycles. The van der Waals surface area contributed by atoms with Gasteiger partial charge in [0.1, 0.15) is 12.4 Å². The fraction of sp³-hybridized carbons (Fsp3) is 0.320. The molecule has 38 heavy (non-hydrogen) atoms. The molecule has 2 N–H and O–H groups in total. The number of benzene rings is 2. The molecule has 10 nitrogen and oxygen atoms in total. The van der Waals surface area contributed by atoms with Crippen molar-refractivity contribution < 1.29 is 38.4 Å². The molecule has 0 spiro atoms. The summed E-state index contributed by atoms with van der Waals surface area (Å²) in [4.78, 5) is 39.1. The Balaban J connectivity index is 2.00. The molecule has 3 rings (SSSR count). The van der Waals surface area contributed by atoms with Crippen LogP contribution in [-0.2, 0) is 9.53 Å². The maximum atomic E-state index is 13.7. The van der Waals surface area contributed by atoms with E-state index in [-0.39, 0.29) is 29.4 Å². The monoisotopic (exact) mass is 586 g/mol. The highest BCUT2D eigenvalue weighted by atomic mass is 35.6. The molecule has 1 aliphatic rings. The van der Waals surface area contributed by atoms with Crippen molar-refractivity contribution in [3.05, 3.63) is 53.7 Å². The van der Waals surface area contributed by atoms with Gasteiger partial charge in [-0.1, -0.05) is 46.9 Å². The number of halogens is 3. The van der Waals surface area contributed by atoms with Gasteiger partial charge >= 0.3 is 12.1 Å². The molecule has 0 unspecified atom stereocenters. The van der Waals surface area contributed by atoms with Gasteiger partial charge in [-0.3, -0.25) is 14.9 Å². The Kier molecular flexibility index (Phi) is 9.72. The molecule has 2 aromatic rings. The van der Waals surface area contributed by atoms with E-state index in [0.29, 0.717) is 12.2 Å². The highest BCUT2D eigenvalue weighted by Crippen LogP contribution is 2.37. The van der Waals surface area contributed by atoms with Gasteiger partial charge < -0.3 is 29.0 Å². The summed E-state index contributed by atoms with van der Waals surface area (Å²) < 4.78 is 18.7. The average Bonchev–Trinajstić information content (AvgIpc) is 3.31. The summed E-state index contributed by atoms with van der Waals surface area (Å²) >= 11 is 16.9. The summed E-state index contributed by atoms with van der Waals surface area (Å²) in [6, 6.07) is 9.23. The van der Waals surface area contributed by atoms with Crippen molar-refractivity contribution >= 4 is 64.0 Å². The number of nitrogens with zero attached hydrogens (tertiary/aromatic N) is 1. The normalized spacial score (nSPS) is 15.0. The number of methoxy groups -OCH3 is 2. The molecule has 0 bridgehead atoms. The predicted octanol–water partition coefficient (Wildman–Crippen LogP) is 4.80. The number of esters is 1. The Morgan fingerprint density at radius 2 is 1.76 bits per heavy atom. The van der Waals surface area contributed by atoms with Gasteiger partial charge in [0.05, 0.1) is 38.1 Å². The molecule has 0 aromatic heterocycles. The number of aliphatic hydroxyl groups is 1. The smallest absolute Gasteiger partial charge is 0.411 e. The lowest BCUT2D eigenvalue weighted by molar-refractivity contribution is -0.132. The topological polar surface area (TPSA) is 124 Å². The Morgan fingerprint density at radius 3 is 2.32 bits per heavy atom. The van der Waals surface area contributed by atoms with Crippen molar-refractivity contribution in [1.82, 2.24) is 4.90 Å². The van der Waals surface area contributed by atoms with Crippen LogP contribution in [0.1, 0.15) is 29.3 Å². The van der Waals surface area contributed by atoms with Crippen molar-refractivity contribution in [3.63, 3.8) is 0 Å². The number of carbonyl (C=O) groups excluding carboxylic acids is 3. The van der Waals surface area contributed by atoms with Crippen LogP contribution in [0, 0.1) is 0 Å². The summed E-state index contributed by atoms with van der Waals surface area (Å²) in [6.45, 7) is 0.299. The summed E-state index contributed by atoms with van der Waals surface area (Å²) in [5.41, 5.74) is 1.55.